The first-order chi connectivity index (χ1) is 21.6. The van der Waals surface area contributed by atoms with Crippen molar-refractivity contribution in [2.75, 3.05) is 13.2 Å². The summed E-state index contributed by atoms with van der Waals surface area (Å²) >= 11 is 0. The van der Waals surface area contributed by atoms with Crippen molar-refractivity contribution in [1.82, 2.24) is 4.90 Å². The molecular weight excluding hydrogens is 550 g/mol. The Balaban J connectivity index is 1.45. The Bertz CT molecular complexity index is 1380. The minimum Gasteiger partial charge on any atom is -0.375 e. The van der Waals surface area contributed by atoms with Gasteiger partial charge in [-0.25, -0.2) is 0 Å². The van der Waals surface area contributed by atoms with Crippen LogP contribution < -0.4 is 0 Å². The molecule has 0 radical (unpaired) electrons. The van der Waals surface area contributed by atoms with Gasteiger partial charge < -0.3 is 23.8 Å². The van der Waals surface area contributed by atoms with Crippen LogP contribution >= 0.6 is 0 Å². The third kappa shape index (κ3) is 8.87. The fourth-order valence-corrected chi connectivity index (χ4v) is 5.55. The minimum absolute atomic E-state index is 0.0430. The third-order valence-corrected chi connectivity index (χ3v) is 7.90. The largest absolute Gasteiger partial charge is 0.375 e. The van der Waals surface area contributed by atoms with Crippen molar-refractivity contribution in [3.8, 4) is 0 Å². The highest BCUT2D eigenvalue weighted by atomic mass is 16.6. The molecule has 4 aromatic carbocycles. The molecule has 0 aromatic heterocycles. The maximum atomic E-state index is 13.8. The second-order valence-electron chi connectivity index (χ2n) is 11.6. The van der Waals surface area contributed by atoms with E-state index in [0.29, 0.717) is 39.6 Å². The molecule has 1 fully saturated rings. The molecule has 0 spiro atoms. The lowest BCUT2D eigenvalue weighted by Gasteiger charge is -2.48. The van der Waals surface area contributed by atoms with Crippen LogP contribution in [0.3, 0.4) is 0 Å². The van der Waals surface area contributed by atoms with Crippen molar-refractivity contribution in [3.05, 3.63) is 144 Å². The summed E-state index contributed by atoms with van der Waals surface area (Å²) in [5.41, 5.74) is 4.25. The Hall–Kier alpha value is -3.81. The smallest absolute Gasteiger partial charge is 0.225 e. The van der Waals surface area contributed by atoms with Gasteiger partial charge in [0.2, 0.25) is 5.91 Å². The molecule has 0 saturated carbocycles. The number of piperidine rings is 1. The number of hydrogen-bond acceptors (Lipinski definition) is 5. The van der Waals surface area contributed by atoms with Crippen LogP contribution in [0.15, 0.2) is 121 Å². The molecule has 6 heteroatoms. The Morgan fingerprint density at radius 3 is 1.48 bits per heavy atom. The van der Waals surface area contributed by atoms with E-state index in [1.165, 1.54) is 0 Å². The zero-order valence-corrected chi connectivity index (χ0v) is 25.7. The molecule has 230 valence electrons. The van der Waals surface area contributed by atoms with Gasteiger partial charge in [0.05, 0.1) is 45.6 Å². The molecule has 6 nitrogen and oxygen atoms in total. The van der Waals surface area contributed by atoms with Crippen LogP contribution in [0.4, 0.5) is 0 Å². The summed E-state index contributed by atoms with van der Waals surface area (Å²) in [5.74, 6) is -0.153. The summed E-state index contributed by atoms with van der Waals surface area (Å²) in [7, 11) is 0. The van der Waals surface area contributed by atoms with E-state index in [1.54, 1.807) is 0 Å². The molecule has 4 aromatic rings. The fourth-order valence-electron chi connectivity index (χ4n) is 5.55. The van der Waals surface area contributed by atoms with E-state index in [2.05, 4.69) is 12.1 Å². The van der Waals surface area contributed by atoms with Gasteiger partial charge in [-0.1, -0.05) is 135 Å². The number of ether oxygens (including phenoxy) is 4. The second kappa shape index (κ2) is 16.3. The van der Waals surface area contributed by atoms with Crippen LogP contribution in [0.2, 0.25) is 0 Å². The number of benzene rings is 4. The van der Waals surface area contributed by atoms with E-state index in [-0.39, 0.29) is 17.9 Å². The minimum atomic E-state index is -0.494. The van der Waals surface area contributed by atoms with Gasteiger partial charge >= 0.3 is 0 Å². The number of carbonyl (C=O) groups is 1. The number of hydrogen-bond donors (Lipinski definition) is 0. The lowest BCUT2D eigenvalue weighted by molar-refractivity contribution is -0.212. The maximum Gasteiger partial charge on any atom is 0.225 e. The molecule has 1 aliphatic heterocycles. The topological polar surface area (TPSA) is 57.2 Å². The van der Waals surface area contributed by atoms with Crippen molar-refractivity contribution >= 4 is 5.91 Å². The molecule has 5 rings (SSSR count). The number of carbonyl (C=O) groups excluding carboxylic acids is 1. The summed E-state index contributed by atoms with van der Waals surface area (Å²) in [6.07, 6.45) is -1.34. The highest BCUT2D eigenvalue weighted by Crippen LogP contribution is 2.30. The predicted octanol–water partition coefficient (Wildman–Crippen LogP) is 6.83. The molecule has 44 heavy (non-hydrogen) atoms. The molecular formula is C38H43NO5. The van der Waals surface area contributed by atoms with E-state index in [4.69, 9.17) is 18.9 Å². The average Bonchev–Trinajstić information content (AvgIpc) is 3.07. The molecule has 1 amide bonds. The Morgan fingerprint density at radius 1 is 0.614 bits per heavy atom. The van der Waals surface area contributed by atoms with E-state index >= 15 is 0 Å². The highest BCUT2D eigenvalue weighted by Gasteiger charge is 2.48. The van der Waals surface area contributed by atoms with Gasteiger partial charge in [0.25, 0.3) is 0 Å². The number of amides is 1. The molecule has 4 atom stereocenters. The van der Waals surface area contributed by atoms with Crippen LogP contribution in [0.25, 0.3) is 0 Å². The first-order valence-corrected chi connectivity index (χ1v) is 15.5. The van der Waals surface area contributed by atoms with Crippen LogP contribution in [0.5, 0.6) is 0 Å². The second-order valence-corrected chi connectivity index (χ2v) is 11.6. The van der Waals surface area contributed by atoms with Gasteiger partial charge in [0, 0.05) is 5.92 Å². The molecule has 1 heterocycles. The van der Waals surface area contributed by atoms with E-state index in [0.717, 1.165) is 22.3 Å². The van der Waals surface area contributed by atoms with Crippen molar-refractivity contribution in [3.63, 3.8) is 0 Å². The monoisotopic (exact) mass is 593 g/mol. The van der Waals surface area contributed by atoms with Crippen LogP contribution in [-0.4, -0.2) is 48.3 Å². The summed E-state index contributed by atoms with van der Waals surface area (Å²) in [6, 6.07) is 40.0. The van der Waals surface area contributed by atoms with E-state index in [1.807, 2.05) is 128 Å². The Labute approximate surface area is 261 Å². The van der Waals surface area contributed by atoms with Crippen molar-refractivity contribution in [2.45, 2.75) is 64.6 Å². The molecule has 4 unspecified atom stereocenters. The highest BCUT2D eigenvalue weighted by molar-refractivity contribution is 5.78. The zero-order chi connectivity index (χ0) is 30.6. The molecule has 1 saturated heterocycles. The summed E-state index contributed by atoms with van der Waals surface area (Å²) in [5, 5.41) is 0. The van der Waals surface area contributed by atoms with Crippen molar-refractivity contribution in [2.24, 2.45) is 5.92 Å². The zero-order valence-electron chi connectivity index (χ0n) is 25.7. The van der Waals surface area contributed by atoms with Gasteiger partial charge in [-0.05, 0) is 22.3 Å². The first-order valence-electron chi connectivity index (χ1n) is 15.5. The van der Waals surface area contributed by atoms with E-state index in [9.17, 15) is 4.79 Å². The number of likely N-dealkylation sites (tertiary alicyclic amines) is 1. The summed E-state index contributed by atoms with van der Waals surface area (Å²) in [6.45, 7) is 6.18. The quantitative estimate of drug-likeness (QED) is 0.161. The number of nitrogens with zero attached hydrogens (tertiary/aromatic N) is 1. The first kappa shape index (κ1) is 31.6. The van der Waals surface area contributed by atoms with Crippen molar-refractivity contribution in [1.29, 1.82) is 0 Å². The van der Waals surface area contributed by atoms with Gasteiger partial charge in [-0.2, -0.15) is 0 Å². The summed E-state index contributed by atoms with van der Waals surface area (Å²) in [4.78, 5) is 15.7. The van der Waals surface area contributed by atoms with Gasteiger partial charge in [0.15, 0.2) is 0 Å². The normalized spacial score (nSPS) is 20.1. The van der Waals surface area contributed by atoms with Crippen LogP contribution in [0, 0.1) is 5.92 Å². The maximum absolute atomic E-state index is 13.8. The fraction of sp³-hybridized carbons (Fsp3) is 0.342. The Kier molecular flexibility index (Phi) is 11.7. The Morgan fingerprint density at radius 2 is 1.02 bits per heavy atom. The lowest BCUT2D eigenvalue weighted by atomic mass is 9.92. The standard InChI is InChI=1S/C38H43NO5/c1-29(2)38(40)39-23-35(42-25-31-17-9-4-10-18-31)37(44-27-33-21-13-6-14-22-33)36(43-26-32-19-11-5-12-20-32)34(39)28-41-24-30-15-7-3-8-16-30/h3-22,29,34-37H,23-28H2,1-2H3. The molecule has 0 aliphatic carbocycles. The molecule has 0 bridgehead atoms. The van der Waals surface area contributed by atoms with E-state index < -0.39 is 18.3 Å². The van der Waals surface area contributed by atoms with Gasteiger partial charge in [-0.3, -0.25) is 4.79 Å². The number of rotatable bonds is 14. The average molecular weight is 594 g/mol. The summed E-state index contributed by atoms with van der Waals surface area (Å²) < 4.78 is 26.4. The SMILES string of the molecule is CC(C)C(=O)N1CC(OCc2ccccc2)C(OCc2ccccc2)C(OCc2ccccc2)C1COCc1ccccc1. The third-order valence-electron chi connectivity index (χ3n) is 7.90. The lowest BCUT2D eigenvalue weighted by Crippen LogP contribution is -2.66. The molecule has 1 aliphatic rings. The van der Waals surface area contributed by atoms with Gasteiger partial charge in [-0.15, -0.1) is 0 Å². The van der Waals surface area contributed by atoms with Gasteiger partial charge in [0.1, 0.15) is 18.3 Å². The predicted molar refractivity (Wildman–Crippen MR) is 171 cm³/mol. The van der Waals surface area contributed by atoms with Crippen LogP contribution in [0.1, 0.15) is 36.1 Å². The molecule has 0 N–H and O–H groups in total. The van der Waals surface area contributed by atoms with Crippen molar-refractivity contribution < 1.29 is 23.7 Å². The van der Waals surface area contributed by atoms with Crippen LogP contribution in [-0.2, 0) is 50.2 Å².